The minimum atomic E-state index is -0.0248. The summed E-state index contributed by atoms with van der Waals surface area (Å²) in [7, 11) is 0. The summed E-state index contributed by atoms with van der Waals surface area (Å²) in [4.78, 5) is 11.5. The number of benzene rings is 1. The molecule has 0 atom stereocenters. The van der Waals surface area contributed by atoms with E-state index < -0.39 is 0 Å². The average Bonchev–Trinajstić information content (AvgIpc) is 2.48. The molecule has 110 valence electrons. The van der Waals surface area contributed by atoms with E-state index in [1.54, 1.807) is 0 Å². The van der Waals surface area contributed by atoms with Gasteiger partial charge in [-0.15, -0.1) is 0 Å². The summed E-state index contributed by atoms with van der Waals surface area (Å²) >= 11 is 0. The van der Waals surface area contributed by atoms with Crippen LogP contribution in [-0.2, 0) is 16.0 Å². The van der Waals surface area contributed by atoms with Crippen LogP contribution in [0.5, 0.6) is 0 Å². The van der Waals surface area contributed by atoms with Crippen LogP contribution in [-0.4, -0.2) is 12.6 Å². The molecule has 0 N–H and O–H groups in total. The van der Waals surface area contributed by atoms with Crippen molar-refractivity contribution in [2.24, 2.45) is 5.92 Å². The molecular formula is C18H26O2. The van der Waals surface area contributed by atoms with Crippen LogP contribution in [0, 0.1) is 5.92 Å². The lowest BCUT2D eigenvalue weighted by Gasteiger charge is -2.28. The normalized spacial score (nSPS) is 22.5. The van der Waals surface area contributed by atoms with Crippen LogP contribution in [0.1, 0.15) is 63.0 Å². The van der Waals surface area contributed by atoms with Crippen molar-refractivity contribution < 1.29 is 9.53 Å². The summed E-state index contributed by atoms with van der Waals surface area (Å²) in [6.45, 7) is 4.56. The van der Waals surface area contributed by atoms with Crippen LogP contribution >= 0.6 is 0 Å². The highest BCUT2D eigenvalue weighted by Gasteiger charge is 2.24. The van der Waals surface area contributed by atoms with Gasteiger partial charge in [-0.05, 0) is 62.0 Å². The first kappa shape index (κ1) is 15.1. The molecule has 1 aromatic rings. The molecule has 20 heavy (non-hydrogen) atoms. The Hall–Kier alpha value is -1.31. The van der Waals surface area contributed by atoms with Crippen molar-refractivity contribution in [1.82, 2.24) is 0 Å². The minimum Gasteiger partial charge on any atom is -0.466 e. The number of hydrogen-bond donors (Lipinski definition) is 0. The minimum absolute atomic E-state index is 0.0248. The van der Waals surface area contributed by atoms with E-state index in [2.05, 4.69) is 31.2 Å². The molecule has 0 radical (unpaired) electrons. The van der Waals surface area contributed by atoms with Crippen LogP contribution in [0.25, 0.3) is 0 Å². The second kappa shape index (κ2) is 7.47. The van der Waals surface area contributed by atoms with Gasteiger partial charge in [0.05, 0.1) is 6.61 Å². The van der Waals surface area contributed by atoms with Gasteiger partial charge in [0.1, 0.15) is 0 Å². The molecule has 0 unspecified atom stereocenters. The fourth-order valence-electron chi connectivity index (χ4n) is 3.18. The van der Waals surface area contributed by atoms with Crippen LogP contribution < -0.4 is 0 Å². The molecule has 1 aromatic carbocycles. The Morgan fingerprint density at radius 1 is 1.10 bits per heavy atom. The van der Waals surface area contributed by atoms with Gasteiger partial charge in [0, 0.05) is 6.42 Å². The van der Waals surface area contributed by atoms with E-state index in [4.69, 9.17) is 4.74 Å². The summed E-state index contributed by atoms with van der Waals surface area (Å²) < 4.78 is 5.04. The van der Waals surface area contributed by atoms with Crippen molar-refractivity contribution in [3.63, 3.8) is 0 Å². The lowest BCUT2D eigenvalue weighted by Crippen LogP contribution is -2.17. The van der Waals surface area contributed by atoms with Gasteiger partial charge >= 0.3 is 5.97 Å². The zero-order chi connectivity index (χ0) is 14.4. The van der Waals surface area contributed by atoms with Crippen molar-refractivity contribution in [3.05, 3.63) is 35.4 Å². The van der Waals surface area contributed by atoms with Crippen molar-refractivity contribution in [2.75, 3.05) is 6.61 Å². The summed E-state index contributed by atoms with van der Waals surface area (Å²) in [6, 6.07) is 9.07. The van der Waals surface area contributed by atoms with Gasteiger partial charge in [0.15, 0.2) is 0 Å². The van der Waals surface area contributed by atoms with Gasteiger partial charge in [-0.1, -0.05) is 31.2 Å². The predicted octanol–water partition coefficient (Wildman–Crippen LogP) is 4.48. The molecule has 2 heteroatoms. The molecule has 0 aromatic heterocycles. The molecule has 1 aliphatic rings. The maximum absolute atomic E-state index is 11.5. The molecule has 0 spiro atoms. The molecule has 2 rings (SSSR count). The molecule has 1 aliphatic carbocycles. The first-order chi connectivity index (χ1) is 9.72. The zero-order valence-electron chi connectivity index (χ0n) is 12.7. The fourth-order valence-corrected chi connectivity index (χ4v) is 3.18. The first-order valence-corrected chi connectivity index (χ1v) is 7.97. The Morgan fingerprint density at radius 2 is 1.75 bits per heavy atom. The monoisotopic (exact) mass is 274 g/mol. The maximum atomic E-state index is 11.5. The van der Waals surface area contributed by atoms with Crippen molar-refractivity contribution in [1.29, 1.82) is 0 Å². The van der Waals surface area contributed by atoms with E-state index >= 15 is 0 Å². The first-order valence-electron chi connectivity index (χ1n) is 7.97. The van der Waals surface area contributed by atoms with E-state index in [9.17, 15) is 4.79 Å². The van der Waals surface area contributed by atoms with E-state index in [1.807, 2.05) is 6.92 Å². The van der Waals surface area contributed by atoms with Crippen molar-refractivity contribution in [2.45, 2.75) is 58.3 Å². The van der Waals surface area contributed by atoms with Gasteiger partial charge in [-0.2, -0.15) is 0 Å². The topological polar surface area (TPSA) is 26.3 Å². The number of aryl methyl sites for hydroxylation is 1. The summed E-state index contributed by atoms with van der Waals surface area (Å²) in [5, 5.41) is 0. The Bertz CT molecular complexity index is 414. The Morgan fingerprint density at radius 3 is 2.30 bits per heavy atom. The highest BCUT2D eigenvalue weighted by molar-refractivity contribution is 5.69. The largest absolute Gasteiger partial charge is 0.466 e. The quantitative estimate of drug-likeness (QED) is 0.740. The molecule has 0 aliphatic heterocycles. The van der Waals surface area contributed by atoms with Crippen molar-refractivity contribution >= 4 is 5.97 Å². The van der Waals surface area contributed by atoms with E-state index in [0.717, 1.165) is 19.3 Å². The van der Waals surface area contributed by atoms with E-state index in [0.29, 0.717) is 24.9 Å². The number of ether oxygens (including phenoxy) is 1. The predicted molar refractivity (Wildman–Crippen MR) is 81.8 cm³/mol. The molecule has 1 saturated carbocycles. The van der Waals surface area contributed by atoms with Crippen LogP contribution in [0.3, 0.4) is 0 Å². The lowest BCUT2D eigenvalue weighted by molar-refractivity contribution is -0.144. The third kappa shape index (κ3) is 4.09. The average molecular weight is 274 g/mol. The fraction of sp³-hybridized carbons (Fsp3) is 0.611. The van der Waals surface area contributed by atoms with E-state index in [-0.39, 0.29) is 5.97 Å². The molecular weight excluding hydrogens is 248 g/mol. The van der Waals surface area contributed by atoms with Crippen LogP contribution in [0.2, 0.25) is 0 Å². The maximum Gasteiger partial charge on any atom is 0.306 e. The molecule has 2 nitrogen and oxygen atoms in total. The second-order valence-corrected chi connectivity index (χ2v) is 5.82. The molecule has 0 saturated heterocycles. The molecule has 0 bridgehead atoms. The third-order valence-corrected chi connectivity index (χ3v) is 4.47. The number of carbonyl (C=O) groups is 1. The second-order valence-electron chi connectivity index (χ2n) is 5.82. The highest BCUT2D eigenvalue weighted by Crippen LogP contribution is 2.37. The molecule has 0 amide bonds. The van der Waals surface area contributed by atoms with Crippen molar-refractivity contribution in [3.8, 4) is 0 Å². The zero-order valence-corrected chi connectivity index (χ0v) is 12.7. The third-order valence-electron chi connectivity index (χ3n) is 4.47. The van der Waals surface area contributed by atoms with Gasteiger partial charge in [0.25, 0.3) is 0 Å². The van der Waals surface area contributed by atoms with Gasteiger partial charge < -0.3 is 4.74 Å². The SMILES string of the molecule is CCOC(=O)CC1CCC(c2ccc(CC)cc2)CC1. The Balaban J connectivity index is 1.82. The van der Waals surface area contributed by atoms with Gasteiger partial charge in [0.2, 0.25) is 0 Å². The Kier molecular flexibility index (Phi) is 5.63. The standard InChI is InChI=1S/C18H26O2/c1-3-14-5-9-16(10-6-14)17-11-7-15(8-12-17)13-18(19)20-4-2/h5-6,9-10,15,17H,3-4,7-8,11-13H2,1-2H3. The number of hydrogen-bond acceptors (Lipinski definition) is 2. The summed E-state index contributed by atoms with van der Waals surface area (Å²) in [6.07, 6.45) is 6.42. The van der Waals surface area contributed by atoms with Gasteiger partial charge in [-0.3, -0.25) is 4.79 Å². The smallest absolute Gasteiger partial charge is 0.306 e. The van der Waals surface area contributed by atoms with Crippen LogP contribution in [0.4, 0.5) is 0 Å². The molecule has 0 heterocycles. The summed E-state index contributed by atoms with van der Waals surface area (Å²) in [5.41, 5.74) is 2.88. The van der Waals surface area contributed by atoms with E-state index in [1.165, 1.54) is 24.0 Å². The summed E-state index contributed by atoms with van der Waals surface area (Å²) in [5.74, 6) is 1.18. The van der Waals surface area contributed by atoms with Crippen LogP contribution in [0.15, 0.2) is 24.3 Å². The number of carbonyl (C=O) groups excluding carboxylic acids is 1. The van der Waals surface area contributed by atoms with Gasteiger partial charge in [-0.25, -0.2) is 0 Å². The number of rotatable bonds is 5. The lowest BCUT2D eigenvalue weighted by atomic mass is 9.77. The highest BCUT2D eigenvalue weighted by atomic mass is 16.5. The molecule has 1 fully saturated rings. The number of esters is 1. The Labute approximate surface area is 122 Å².